The number of hydrogen-bond donors (Lipinski definition) is 2. The normalized spacial score (nSPS) is 12.8. The van der Waals surface area contributed by atoms with Gasteiger partial charge in [0.25, 0.3) is 5.91 Å². The number of methoxy groups -OCH3 is 1. The lowest BCUT2D eigenvalue weighted by molar-refractivity contribution is 0.0955. The van der Waals surface area contributed by atoms with Gasteiger partial charge in [-0.2, -0.15) is 0 Å². The highest BCUT2D eigenvalue weighted by Crippen LogP contribution is 2.32. The zero-order chi connectivity index (χ0) is 15.4. The first-order chi connectivity index (χ1) is 10.8. The number of carbonyl (C=O) groups excluding carboxylic acids is 1. The Morgan fingerprint density at radius 1 is 1.09 bits per heavy atom. The van der Waals surface area contributed by atoms with Crippen molar-refractivity contribution in [1.29, 1.82) is 0 Å². The molecule has 0 saturated heterocycles. The molecule has 1 aliphatic carbocycles. The van der Waals surface area contributed by atoms with E-state index in [-0.39, 0.29) is 5.91 Å². The van der Waals surface area contributed by atoms with E-state index >= 15 is 0 Å². The summed E-state index contributed by atoms with van der Waals surface area (Å²) in [5.41, 5.74) is 3.51. The molecular weight excluding hydrogens is 276 g/mol. The van der Waals surface area contributed by atoms with Crippen molar-refractivity contribution < 1.29 is 9.53 Å². The van der Waals surface area contributed by atoms with E-state index in [1.54, 1.807) is 7.11 Å². The van der Waals surface area contributed by atoms with Gasteiger partial charge in [0.05, 0.1) is 6.61 Å². The molecule has 2 aromatic carbocycles. The van der Waals surface area contributed by atoms with Gasteiger partial charge in [-0.05, 0) is 40.8 Å². The molecule has 1 aliphatic rings. The molecule has 0 aliphatic heterocycles. The summed E-state index contributed by atoms with van der Waals surface area (Å²) in [6.45, 7) is 2.85. The number of carbonyl (C=O) groups is 1. The van der Waals surface area contributed by atoms with Crippen LogP contribution in [-0.2, 0) is 17.6 Å². The van der Waals surface area contributed by atoms with Crippen molar-refractivity contribution in [3.63, 3.8) is 0 Å². The third kappa shape index (κ3) is 2.98. The lowest BCUT2D eigenvalue weighted by Gasteiger charge is -2.10. The topological polar surface area (TPSA) is 50.4 Å². The lowest BCUT2D eigenvalue weighted by atomic mass is 9.99. The summed E-state index contributed by atoms with van der Waals surface area (Å²) >= 11 is 0. The second-order valence-corrected chi connectivity index (χ2v) is 5.61. The minimum absolute atomic E-state index is 0.00383. The standard InChI is InChI=1S/C18H22N2O2/c1-22-12-11-19-9-10-20-18(21)16-8-7-14-6-5-13-3-2-4-15(16)17(13)14/h2-4,7-8,19H,5-6,9-12H2,1H3,(H,20,21). The van der Waals surface area contributed by atoms with Crippen molar-refractivity contribution in [3.05, 3.63) is 47.0 Å². The summed E-state index contributed by atoms with van der Waals surface area (Å²) in [7, 11) is 1.68. The zero-order valence-electron chi connectivity index (χ0n) is 12.9. The molecule has 3 rings (SSSR count). The molecule has 4 heteroatoms. The maximum Gasteiger partial charge on any atom is 0.251 e. The van der Waals surface area contributed by atoms with Crippen LogP contribution >= 0.6 is 0 Å². The van der Waals surface area contributed by atoms with E-state index in [2.05, 4.69) is 34.9 Å². The van der Waals surface area contributed by atoms with Crippen molar-refractivity contribution in [2.24, 2.45) is 0 Å². The van der Waals surface area contributed by atoms with Crippen LogP contribution in [0.5, 0.6) is 0 Å². The van der Waals surface area contributed by atoms with Crippen molar-refractivity contribution in [1.82, 2.24) is 10.6 Å². The Kier molecular flexibility index (Phi) is 4.71. The minimum Gasteiger partial charge on any atom is -0.383 e. The summed E-state index contributed by atoms with van der Waals surface area (Å²) in [5.74, 6) is 0.00383. The van der Waals surface area contributed by atoms with Crippen LogP contribution in [0.1, 0.15) is 21.5 Å². The summed E-state index contributed by atoms with van der Waals surface area (Å²) in [4.78, 5) is 12.4. The molecule has 0 saturated carbocycles. The second-order valence-electron chi connectivity index (χ2n) is 5.61. The smallest absolute Gasteiger partial charge is 0.251 e. The maximum atomic E-state index is 12.4. The fraction of sp³-hybridized carbons (Fsp3) is 0.389. The van der Waals surface area contributed by atoms with E-state index in [0.717, 1.165) is 36.9 Å². The SMILES string of the molecule is COCCNCCNC(=O)c1ccc2c3c(cccc13)CC2. The van der Waals surface area contributed by atoms with E-state index < -0.39 is 0 Å². The molecule has 0 fully saturated rings. The van der Waals surface area contributed by atoms with Crippen LogP contribution in [0.25, 0.3) is 10.8 Å². The van der Waals surface area contributed by atoms with Gasteiger partial charge in [0, 0.05) is 32.3 Å². The quantitative estimate of drug-likeness (QED) is 0.768. The molecule has 0 radical (unpaired) electrons. The fourth-order valence-corrected chi connectivity index (χ4v) is 3.10. The van der Waals surface area contributed by atoms with E-state index in [4.69, 9.17) is 4.74 Å². The van der Waals surface area contributed by atoms with E-state index in [1.165, 1.54) is 16.5 Å². The van der Waals surface area contributed by atoms with Crippen molar-refractivity contribution in [2.45, 2.75) is 12.8 Å². The molecule has 0 unspecified atom stereocenters. The molecule has 2 N–H and O–H groups in total. The molecule has 0 heterocycles. The Labute approximate surface area is 130 Å². The predicted octanol–water partition coefficient (Wildman–Crippen LogP) is 1.90. The first kappa shape index (κ1) is 15.0. The third-order valence-electron chi connectivity index (χ3n) is 4.19. The average Bonchev–Trinajstić information content (AvgIpc) is 2.96. The summed E-state index contributed by atoms with van der Waals surface area (Å²) < 4.78 is 4.97. The Morgan fingerprint density at radius 3 is 2.73 bits per heavy atom. The number of amides is 1. The summed E-state index contributed by atoms with van der Waals surface area (Å²) in [6.07, 6.45) is 2.17. The Hall–Kier alpha value is -1.91. The van der Waals surface area contributed by atoms with E-state index in [0.29, 0.717) is 13.2 Å². The fourth-order valence-electron chi connectivity index (χ4n) is 3.10. The second kappa shape index (κ2) is 6.90. The highest BCUT2D eigenvalue weighted by molar-refractivity contribution is 6.09. The van der Waals surface area contributed by atoms with Crippen molar-refractivity contribution in [2.75, 3.05) is 33.4 Å². The average molecular weight is 298 g/mol. The van der Waals surface area contributed by atoms with Gasteiger partial charge in [-0.25, -0.2) is 0 Å². The van der Waals surface area contributed by atoms with Crippen LogP contribution in [0, 0.1) is 0 Å². The maximum absolute atomic E-state index is 12.4. The number of nitrogens with one attached hydrogen (secondary N) is 2. The van der Waals surface area contributed by atoms with Gasteiger partial charge >= 0.3 is 0 Å². The molecule has 1 amide bonds. The first-order valence-electron chi connectivity index (χ1n) is 7.82. The first-order valence-corrected chi connectivity index (χ1v) is 7.82. The predicted molar refractivity (Wildman–Crippen MR) is 88.4 cm³/mol. The number of aryl methyl sites for hydroxylation is 2. The summed E-state index contributed by atoms with van der Waals surface area (Å²) in [6, 6.07) is 10.3. The number of rotatable bonds is 7. The van der Waals surface area contributed by atoms with Crippen LogP contribution < -0.4 is 10.6 Å². The Morgan fingerprint density at radius 2 is 1.91 bits per heavy atom. The highest BCUT2D eigenvalue weighted by atomic mass is 16.5. The van der Waals surface area contributed by atoms with Gasteiger partial charge in [0.1, 0.15) is 0 Å². The number of hydrogen-bond acceptors (Lipinski definition) is 3. The van der Waals surface area contributed by atoms with Gasteiger partial charge in [-0.1, -0.05) is 24.3 Å². The molecule has 0 bridgehead atoms. The molecule has 0 spiro atoms. The molecular formula is C18H22N2O2. The van der Waals surface area contributed by atoms with Crippen molar-refractivity contribution in [3.8, 4) is 0 Å². The molecule has 0 aromatic heterocycles. The Balaban J connectivity index is 1.68. The van der Waals surface area contributed by atoms with Crippen LogP contribution in [0.15, 0.2) is 30.3 Å². The largest absolute Gasteiger partial charge is 0.383 e. The third-order valence-corrected chi connectivity index (χ3v) is 4.19. The molecule has 4 nitrogen and oxygen atoms in total. The molecule has 22 heavy (non-hydrogen) atoms. The van der Waals surface area contributed by atoms with Gasteiger partial charge in [-0.3, -0.25) is 4.79 Å². The minimum atomic E-state index is 0.00383. The van der Waals surface area contributed by atoms with E-state index in [9.17, 15) is 4.79 Å². The number of benzene rings is 2. The monoisotopic (exact) mass is 298 g/mol. The van der Waals surface area contributed by atoms with Gasteiger partial charge in [0.2, 0.25) is 0 Å². The van der Waals surface area contributed by atoms with Gasteiger partial charge in [0.15, 0.2) is 0 Å². The Bertz CT molecular complexity index is 672. The van der Waals surface area contributed by atoms with Crippen LogP contribution in [0.3, 0.4) is 0 Å². The van der Waals surface area contributed by atoms with Gasteiger partial charge in [-0.15, -0.1) is 0 Å². The van der Waals surface area contributed by atoms with Crippen LogP contribution in [0.2, 0.25) is 0 Å². The molecule has 116 valence electrons. The summed E-state index contributed by atoms with van der Waals surface area (Å²) in [5, 5.41) is 8.57. The highest BCUT2D eigenvalue weighted by Gasteiger charge is 2.18. The molecule has 2 aromatic rings. The van der Waals surface area contributed by atoms with Crippen LogP contribution in [0.4, 0.5) is 0 Å². The lowest BCUT2D eigenvalue weighted by Crippen LogP contribution is -2.33. The van der Waals surface area contributed by atoms with Crippen LogP contribution in [-0.4, -0.2) is 39.3 Å². The molecule has 0 atom stereocenters. The van der Waals surface area contributed by atoms with Crippen molar-refractivity contribution >= 4 is 16.7 Å². The number of ether oxygens (including phenoxy) is 1. The van der Waals surface area contributed by atoms with Gasteiger partial charge < -0.3 is 15.4 Å². The zero-order valence-corrected chi connectivity index (χ0v) is 12.9. The van der Waals surface area contributed by atoms with E-state index in [1.807, 2.05) is 6.07 Å².